The van der Waals surface area contributed by atoms with Gasteiger partial charge in [-0.1, -0.05) is 12.8 Å². The molecule has 2 fully saturated rings. The van der Waals surface area contributed by atoms with Gasteiger partial charge in [-0.2, -0.15) is 17.4 Å². The van der Waals surface area contributed by atoms with Crippen LogP contribution in [0.3, 0.4) is 0 Å². The molecule has 0 spiro atoms. The SMILES string of the molecule is CC(C)(C)NS(=O)(=O)N1C(C(=O)O)CCC2CCCCC21. The number of rotatable bonds is 3. The first-order chi connectivity index (χ1) is 9.62. The van der Waals surface area contributed by atoms with Crippen LogP contribution in [-0.4, -0.2) is 41.4 Å². The molecule has 6 nitrogen and oxygen atoms in total. The van der Waals surface area contributed by atoms with Crippen LogP contribution in [0.4, 0.5) is 0 Å². The monoisotopic (exact) mass is 318 g/mol. The molecule has 122 valence electrons. The summed E-state index contributed by atoms with van der Waals surface area (Å²) < 4.78 is 29.3. The van der Waals surface area contributed by atoms with Crippen LogP contribution in [0.1, 0.15) is 59.3 Å². The van der Waals surface area contributed by atoms with E-state index in [0.29, 0.717) is 12.3 Å². The quantitative estimate of drug-likeness (QED) is 0.829. The van der Waals surface area contributed by atoms with E-state index in [1.807, 2.05) is 0 Å². The summed E-state index contributed by atoms with van der Waals surface area (Å²) in [6, 6.07) is -1.11. The number of nitrogens with one attached hydrogen (secondary N) is 1. The second kappa shape index (κ2) is 5.85. The second-order valence-corrected chi connectivity index (χ2v) is 8.81. The van der Waals surface area contributed by atoms with E-state index in [-0.39, 0.29) is 6.04 Å². The standard InChI is InChI=1S/C14H26N2O4S/c1-14(2,3)15-21(19,20)16-11-7-5-4-6-10(11)8-9-12(16)13(17)18/h10-12,15H,4-9H2,1-3H3,(H,17,18). The van der Waals surface area contributed by atoms with Gasteiger partial charge >= 0.3 is 5.97 Å². The molecule has 2 rings (SSSR count). The lowest BCUT2D eigenvalue weighted by Gasteiger charge is -2.46. The summed E-state index contributed by atoms with van der Waals surface area (Å²) in [7, 11) is -3.80. The molecule has 3 unspecified atom stereocenters. The molecule has 2 N–H and O–H groups in total. The molecule has 3 atom stereocenters. The Hall–Kier alpha value is -0.660. The molecule has 1 aliphatic carbocycles. The fraction of sp³-hybridized carbons (Fsp3) is 0.929. The van der Waals surface area contributed by atoms with Crippen molar-refractivity contribution in [1.82, 2.24) is 9.03 Å². The normalized spacial score (nSPS) is 31.7. The van der Waals surface area contributed by atoms with E-state index in [0.717, 1.165) is 32.1 Å². The molecule has 0 aromatic rings. The van der Waals surface area contributed by atoms with Gasteiger partial charge in [0.05, 0.1) is 0 Å². The maximum atomic E-state index is 12.7. The molecule has 21 heavy (non-hydrogen) atoms. The number of hydrogen-bond donors (Lipinski definition) is 2. The molecule has 2 aliphatic rings. The van der Waals surface area contributed by atoms with Crippen molar-refractivity contribution < 1.29 is 18.3 Å². The Kier molecular flexibility index (Phi) is 4.66. The van der Waals surface area contributed by atoms with Crippen LogP contribution in [0, 0.1) is 5.92 Å². The second-order valence-electron chi connectivity index (χ2n) is 7.23. The Labute approximate surface area is 127 Å². The van der Waals surface area contributed by atoms with Gasteiger partial charge in [0.1, 0.15) is 6.04 Å². The maximum absolute atomic E-state index is 12.7. The number of aliphatic carboxylic acids is 1. The van der Waals surface area contributed by atoms with E-state index in [2.05, 4.69) is 4.72 Å². The number of carboxylic acid groups (broad SMARTS) is 1. The van der Waals surface area contributed by atoms with Crippen molar-refractivity contribution in [2.45, 2.75) is 76.9 Å². The summed E-state index contributed by atoms with van der Waals surface area (Å²) >= 11 is 0. The van der Waals surface area contributed by atoms with Crippen molar-refractivity contribution in [2.75, 3.05) is 0 Å². The zero-order chi connectivity index (χ0) is 15.8. The van der Waals surface area contributed by atoms with Crippen LogP contribution in [0.15, 0.2) is 0 Å². The number of carbonyl (C=O) groups is 1. The van der Waals surface area contributed by atoms with Gasteiger partial charge in [-0.25, -0.2) is 0 Å². The van der Waals surface area contributed by atoms with Crippen molar-refractivity contribution in [3.05, 3.63) is 0 Å². The van der Waals surface area contributed by atoms with Crippen LogP contribution in [0.25, 0.3) is 0 Å². The lowest BCUT2D eigenvalue weighted by Crippen LogP contribution is -2.62. The van der Waals surface area contributed by atoms with E-state index in [4.69, 9.17) is 0 Å². The summed E-state index contributed by atoms with van der Waals surface area (Å²) in [5.74, 6) is -0.746. The minimum atomic E-state index is -3.80. The van der Waals surface area contributed by atoms with Gasteiger partial charge < -0.3 is 5.11 Å². The lowest BCUT2D eigenvalue weighted by atomic mass is 9.78. The first kappa shape index (κ1) is 16.7. The van der Waals surface area contributed by atoms with Gasteiger partial charge in [-0.15, -0.1) is 0 Å². The Morgan fingerprint density at radius 1 is 1.14 bits per heavy atom. The molecule has 0 bridgehead atoms. The molecule has 1 heterocycles. The highest BCUT2D eigenvalue weighted by molar-refractivity contribution is 7.87. The third-order valence-corrected chi connectivity index (χ3v) is 6.26. The minimum Gasteiger partial charge on any atom is -0.480 e. The van der Waals surface area contributed by atoms with E-state index in [9.17, 15) is 18.3 Å². The van der Waals surface area contributed by atoms with Crippen molar-refractivity contribution in [3.63, 3.8) is 0 Å². The topological polar surface area (TPSA) is 86.7 Å². The minimum absolute atomic E-state index is 0.173. The van der Waals surface area contributed by atoms with Gasteiger partial charge in [0, 0.05) is 11.6 Å². The van der Waals surface area contributed by atoms with Crippen molar-refractivity contribution >= 4 is 16.2 Å². The zero-order valence-corrected chi connectivity index (χ0v) is 13.8. The van der Waals surface area contributed by atoms with Crippen LogP contribution in [-0.2, 0) is 15.0 Å². The van der Waals surface area contributed by atoms with E-state index >= 15 is 0 Å². The summed E-state index contributed by atoms with van der Waals surface area (Å²) in [6.07, 6.45) is 5.05. The smallest absolute Gasteiger partial charge is 0.322 e. The van der Waals surface area contributed by atoms with Crippen LogP contribution in [0.2, 0.25) is 0 Å². The number of nitrogens with zero attached hydrogens (tertiary/aromatic N) is 1. The molecule has 1 aliphatic heterocycles. The molecule has 0 amide bonds. The lowest BCUT2D eigenvalue weighted by molar-refractivity contribution is -0.144. The van der Waals surface area contributed by atoms with Crippen molar-refractivity contribution in [3.8, 4) is 0 Å². The van der Waals surface area contributed by atoms with Crippen molar-refractivity contribution in [1.29, 1.82) is 0 Å². The Morgan fingerprint density at radius 3 is 2.33 bits per heavy atom. The number of hydrogen-bond acceptors (Lipinski definition) is 3. The van der Waals surface area contributed by atoms with E-state index in [1.165, 1.54) is 4.31 Å². The Balaban J connectivity index is 2.34. The number of piperidine rings is 1. The first-order valence-electron chi connectivity index (χ1n) is 7.67. The van der Waals surface area contributed by atoms with E-state index < -0.39 is 27.8 Å². The average Bonchev–Trinajstić information content (AvgIpc) is 2.34. The predicted octanol–water partition coefficient (Wildman–Crippen LogP) is 1.73. The summed E-state index contributed by atoms with van der Waals surface area (Å²) in [4.78, 5) is 11.5. The first-order valence-corrected chi connectivity index (χ1v) is 9.11. The summed E-state index contributed by atoms with van der Waals surface area (Å²) in [5, 5.41) is 9.43. The molecule has 1 saturated heterocycles. The van der Waals surface area contributed by atoms with Gasteiger partial charge in [-0.3, -0.25) is 4.79 Å². The molecule has 1 saturated carbocycles. The molecular weight excluding hydrogens is 292 g/mol. The van der Waals surface area contributed by atoms with Crippen LogP contribution in [0.5, 0.6) is 0 Å². The molecule has 0 aromatic heterocycles. The Bertz CT molecular complexity index is 498. The third kappa shape index (κ3) is 3.76. The summed E-state index contributed by atoms with van der Waals surface area (Å²) in [6.45, 7) is 5.30. The number of fused-ring (bicyclic) bond motifs is 1. The highest BCUT2D eigenvalue weighted by Crippen LogP contribution is 2.39. The van der Waals surface area contributed by atoms with Gasteiger partial charge in [0.15, 0.2) is 0 Å². The van der Waals surface area contributed by atoms with Crippen LogP contribution < -0.4 is 4.72 Å². The fourth-order valence-corrected chi connectivity index (χ4v) is 5.65. The molecule has 0 radical (unpaired) electrons. The zero-order valence-electron chi connectivity index (χ0n) is 13.0. The summed E-state index contributed by atoms with van der Waals surface area (Å²) in [5.41, 5.74) is -0.622. The van der Waals surface area contributed by atoms with Crippen LogP contribution >= 0.6 is 0 Å². The maximum Gasteiger partial charge on any atom is 0.322 e. The van der Waals surface area contributed by atoms with Gasteiger partial charge in [0.2, 0.25) is 0 Å². The van der Waals surface area contributed by atoms with Crippen molar-refractivity contribution in [2.24, 2.45) is 5.92 Å². The third-order valence-electron chi connectivity index (χ3n) is 4.31. The molecule has 7 heteroatoms. The van der Waals surface area contributed by atoms with Gasteiger partial charge in [-0.05, 0) is 52.4 Å². The van der Waals surface area contributed by atoms with E-state index in [1.54, 1.807) is 20.8 Å². The predicted molar refractivity (Wildman–Crippen MR) is 80.1 cm³/mol. The average molecular weight is 318 g/mol. The highest BCUT2D eigenvalue weighted by Gasteiger charge is 2.47. The van der Waals surface area contributed by atoms with Gasteiger partial charge in [0.25, 0.3) is 10.2 Å². The molecule has 0 aromatic carbocycles. The largest absolute Gasteiger partial charge is 0.480 e. The number of carboxylic acids is 1. The highest BCUT2D eigenvalue weighted by atomic mass is 32.2. The Morgan fingerprint density at radius 2 is 1.76 bits per heavy atom. The fourth-order valence-electron chi connectivity index (χ4n) is 3.61. The molecular formula is C14H26N2O4S.